The molecule has 0 saturated carbocycles. The molecule has 8 heteroatoms. The van der Waals surface area contributed by atoms with E-state index in [0.29, 0.717) is 11.1 Å². The molecule has 0 spiro atoms. The number of phenols is 2. The van der Waals surface area contributed by atoms with Crippen LogP contribution >= 0.6 is 0 Å². The highest BCUT2D eigenvalue weighted by molar-refractivity contribution is 6.09. The minimum absolute atomic E-state index is 0.0383. The Morgan fingerprint density at radius 3 is 1.85 bits per heavy atom. The number of hydrogen-bond donors (Lipinski definition) is 3. The zero-order valence-electron chi connectivity index (χ0n) is 19.0. The van der Waals surface area contributed by atoms with Gasteiger partial charge in [0, 0.05) is 6.08 Å². The van der Waals surface area contributed by atoms with Gasteiger partial charge in [0.25, 0.3) is 0 Å². The number of carbonyl (C=O) groups is 2. The number of ketones is 1. The molecule has 0 amide bonds. The van der Waals surface area contributed by atoms with Crippen LogP contribution in [0, 0.1) is 0 Å². The van der Waals surface area contributed by atoms with E-state index in [0.717, 1.165) is 6.08 Å². The van der Waals surface area contributed by atoms with E-state index in [1.54, 1.807) is 25.1 Å². The van der Waals surface area contributed by atoms with Crippen LogP contribution in [-0.4, -0.2) is 47.9 Å². The highest BCUT2D eigenvalue weighted by Gasteiger charge is 2.10. The van der Waals surface area contributed by atoms with Crippen LogP contribution in [0.15, 0.2) is 72.0 Å². The van der Waals surface area contributed by atoms with Gasteiger partial charge in [0.1, 0.15) is 5.76 Å². The summed E-state index contributed by atoms with van der Waals surface area (Å²) in [5.74, 6) is -1.25. The van der Waals surface area contributed by atoms with Crippen LogP contribution in [0.1, 0.15) is 18.1 Å². The lowest BCUT2D eigenvalue weighted by molar-refractivity contribution is -0.137. The summed E-state index contributed by atoms with van der Waals surface area (Å²) in [4.78, 5) is 24.6. The second-order valence-electron chi connectivity index (χ2n) is 6.78. The molecule has 0 aliphatic rings. The van der Waals surface area contributed by atoms with E-state index >= 15 is 0 Å². The second kappa shape index (κ2) is 12.5. The molecular formula is C26H26O8. The number of ether oxygens (including phenoxy) is 3. The van der Waals surface area contributed by atoms with Crippen LogP contribution in [-0.2, 0) is 14.3 Å². The van der Waals surface area contributed by atoms with Crippen LogP contribution in [0.2, 0.25) is 0 Å². The summed E-state index contributed by atoms with van der Waals surface area (Å²) in [6.07, 6.45) is 7.69. The third kappa shape index (κ3) is 7.30. The Hall–Kier alpha value is -4.46. The maximum absolute atomic E-state index is 12.8. The fourth-order valence-electron chi connectivity index (χ4n) is 2.76. The van der Waals surface area contributed by atoms with Crippen LogP contribution in [0.3, 0.4) is 0 Å². The normalized spacial score (nSPS) is 12.2. The first-order chi connectivity index (χ1) is 16.3. The zero-order chi connectivity index (χ0) is 25.1. The zero-order valence-corrected chi connectivity index (χ0v) is 19.0. The lowest BCUT2D eigenvalue weighted by atomic mass is 10.1. The smallest absolute Gasteiger partial charge is 0.330 e. The summed E-state index contributed by atoms with van der Waals surface area (Å²) < 4.78 is 14.9. The predicted octanol–water partition coefficient (Wildman–Crippen LogP) is 4.34. The third-order valence-electron chi connectivity index (χ3n) is 4.48. The summed E-state index contributed by atoms with van der Waals surface area (Å²) in [6, 6.07) is 9.11. The van der Waals surface area contributed by atoms with Crippen LogP contribution in [0.25, 0.3) is 12.2 Å². The molecule has 0 aliphatic heterocycles. The number of hydrogen-bond acceptors (Lipinski definition) is 8. The van der Waals surface area contributed by atoms with Crippen molar-refractivity contribution in [2.24, 2.45) is 0 Å². The van der Waals surface area contributed by atoms with Gasteiger partial charge in [-0.25, -0.2) is 4.79 Å². The molecule has 8 nitrogen and oxygen atoms in total. The van der Waals surface area contributed by atoms with Crippen molar-refractivity contribution < 1.29 is 39.1 Å². The Morgan fingerprint density at radius 2 is 1.35 bits per heavy atom. The van der Waals surface area contributed by atoms with Gasteiger partial charge in [0.2, 0.25) is 0 Å². The third-order valence-corrected chi connectivity index (χ3v) is 4.48. The number of benzene rings is 2. The maximum atomic E-state index is 12.8. The maximum Gasteiger partial charge on any atom is 0.330 e. The van der Waals surface area contributed by atoms with Crippen LogP contribution in [0.5, 0.6) is 23.0 Å². The van der Waals surface area contributed by atoms with Crippen molar-refractivity contribution in [3.63, 3.8) is 0 Å². The van der Waals surface area contributed by atoms with Crippen molar-refractivity contribution in [2.45, 2.75) is 6.92 Å². The minimum Gasteiger partial charge on any atom is -0.507 e. The van der Waals surface area contributed by atoms with Gasteiger partial charge >= 0.3 is 5.97 Å². The molecule has 2 aromatic rings. The summed E-state index contributed by atoms with van der Waals surface area (Å²) in [5.41, 5.74) is 1.01. The van der Waals surface area contributed by atoms with Crippen molar-refractivity contribution in [3.8, 4) is 23.0 Å². The molecule has 0 heterocycles. The first-order valence-corrected chi connectivity index (χ1v) is 10.2. The van der Waals surface area contributed by atoms with E-state index in [4.69, 9.17) is 14.2 Å². The quantitative estimate of drug-likeness (QED) is 0.205. The highest BCUT2D eigenvalue weighted by atomic mass is 16.5. The van der Waals surface area contributed by atoms with Crippen LogP contribution < -0.4 is 9.47 Å². The molecular weight excluding hydrogens is 440 g/mol. The number of carbonyl (C=O) groups excluding carboxylic acids is 2. The molecule has 0 bridgehead atoms. The molecule has 178 valence electrons. The lowest BCUT2D eigenvalue weighted by Gasteiger charge is -2.05. The second-order valence-corrected chi connectivity index (χ2v) is 6.78. The number of allylic oxidation sites excluding steroid dienone is 4. The average molecular weight is 466 g/mol. The molecule has 0 saturated heterocycles. The van der Waals surface area contributed by atoms with Crippen molar-refractivity contribution >= 4 is 23.9 Å². The average Bonchev–Trinajstić information content (AvgIpc) is 2.83. The first kappa shape index (κ1) is 25.8. The van der Waals surface area contributed by atoms with E-state index in [1.807, 2.05) is 0 Å². The molecule has 34 heavy (non-hydrogen) atoms. The van der Waals surface area contributed by atoms with E-state index < -0.39 is 17.5 Å². The predicted molar refractivity (Wildman–Crippen MR) is 128 cm³/mol. The number of aliphatic hydroxyl groups is 1. The Balaban J connectivity index is 2.38. The Bertz CT molecular complexity index is 1160. The number of rotatable bonds is 10. The molecule has 0 aromatic heterocycles. The molecule has 0 fully saturated rings. The van der Waals surface area contributed by atoms with Gasteiger partial charge in [-0.15, -0.1) is 0 Å². The van der Waals surface area contributed by atoms with Crippen molar-refractivity contribution in [2.75, 3.05) is 20.8 Å². The Kier molecular flexibility index (Phi) is 9.52. The minimum atomic E-state index is -0.667. The van der Waals surface area contributed by atoms with E-state index in [1.165, 1.54) is 62.8 Å². The van der Waals surface area contributed by atoms with E-state index in [2.05, 4.69) is 0 Å². The van der Waals surface area contributed by atoms with Crippen molar-refractivity contribution in [1.29, 1.82) is 0 Å². The van der Waals surface area contributed by atoms with E-state index in [9.17, 15) is 24.9 Å². The van der Waals surface area contributed by atoms with Crippen molar-refractivity contribution in [3.05, 3.63) is 83.2 Å². The fraction of sp³-hybridized carbons (Fsp3) is 0.154. The monoisotopic (exact) mass is 466 g/mol. The fourth-order valence-corrected chi connectivity index (χ4v) is 2.76. The molecule has 0 radical (unpaired) electrons. The highest BCUT2D eigenvalue weighted by Crippen LogP contribution is 2.28. The Morgan fingerprint density at radius 1 is 0.824 bits per heavy atom. The standard InChI is InChI=1S/C26H26O8/c1-4-34-26(31)14-9-19(20(27)10-5-17-7-12-22(29)24(15-17)32-2)21(28)11-6-18-8-13-23(30)25(16-18)33-3/h5-16,27,29-30H,4H2,1-3H3/b10-5+,11-6+,14-9+,20-19-. The molecule has 0 aliphatic carbocycles. The van der Waals surface area contributed by atoms with Gasteiger partial charge in [-0.05, 0) is 60.5 Å². The molecule has 0 atom stereocenters. The van der Waals surface area contributed by atoms with Gasteiger partial charge < -0.3 is 29.5 Å². The summed E-state index contributed by atoms with van der Waals surface area (Å²) in [6.45, 7) is 1.81. The summed E-state index contributed by atoms with van der Waals surface area (Å²) >= 11 is 0. The number of esters is 1. The SMILES string of the molecule is CCOC(=O)/C=C/C(C(=O)/C=C/c1ccc(O)c(OC)c1)=C(O)\C=C\c1ccc(O)c(OC)c1. The van der Waals surface area contributed by atoms with Gasteiger partial charge in [0.05, 0.1) is 26.4 Å². The summed E-state index contributed by atoms with van der Waals surface area (Å²) in [5, 5.41) is 30.0. The largest absolute Gasteiger partial charge is 0.507 e. The van der Waals surface area contributed by atoms with Gasteiger partial charge in [-0.3, -0.25) is 4.79 Å². The number of phenolic OH excluding ortho intramolecular Hbond substituents is 2. The van der Waals surface area contributed by atoms with Gasteiger partial charge in [0.15, 0.2) is 28.8 Å². The van der Waals surface area contributed by atoms with Crippen LogP contribution in [0.4, 0.5) is 0 Å². The molecule has 3 N–H and O–H groups in total. The number of aromatic hydroxyl groups is 2. The summed E-state index contributed by atoms with van der Waals surface area (Å²) in [7, 11) is 2.82. The van der Waals surface area contributed by atoms with Crippen molar-refractivity contribution in [1.82, 2.24) is 0 Å². The molecule has 2 rings (SSSR count). The van der Waals surface area contributed by atoms with Gasteiger partial charge in [-0.2, -0.15) is 0 Å². The Labute approximate surface area is 197 Å². The van der Waals surface area contributed by atoms with E-state index in [-0.39, 0.29) is 35.2 Å². The topological polar surface area (TPSA) is 123 Å². The number of methoxy groups -OCH3 is 2. The first-order valence-electron chi connectivity index (χ1n) is 10.2. The molecule has 2 aromatic carbocycles. The number of aliphatic hydroxyl groups excluding tert-OH is 1. The lowest BCUT2D eigenvalue weighted by Crippen LogP contribution is -2.03. The van der Waals surface area contributed by atoms with Gasteiger partial charge in [-0.1, -0.05) is 24.3 Å². The molecule has 0 unspecified atom stereocenters.